The predicted octanol–water partition coefficient (Wildman–Crippen LogP) is 4.22. The van der Waals surface area contributed by atoms with Gasteiger partial charge in [-0.1, -0.05) is 11.2 Å². The highest BCUT2D eigenvalue weighted by Crippen LogP contribution is 2.32. The van der Waals surface area contributed by atoms with E-state index in [2.05, 4.69) is 25.8 Å². The van der Waals surface area contributed by atoms with Crippen molar-refractivity contribution in [1.82, 2.24) is 5.16 Å². The lowest BCUT2D eigenvalue weighted by Gasteiger charge is -2.13. The first-order valence-corrected chi connectivity index (χ1v) is 9.56. The third-order valence-corrected chi connectivity index (χ3v) is 5.61. The molecule has 3 rings (SSSR count). The minimum Gasteiger partial charge on any atom is -0.495 e. The van der Waals surface area contributed by atoms with Crippen LogP contribution in [0.25, 0.3) is 11.3 Å². The molecule has 1 heterocycles. The summed E-state index contributed by atoms with van der Waals surface area (Å²) in [6.07, 6.45) is 1.52. The highest BCUT2D eigenvalue weighted by molar-refractivity contribution is 9.10. The Bertz CT molecular complexity index is 1000. The number of rotatable bonds is 5. The Balaban J connectivity index is 1.99. The fraction of sp³-hybridized carbons (Fsp3) is 0.118. The van der Waals surface area contributed by atoms with Gasteiger partial charge >= 0.3 is 0 Å². The minimum absolute atomic E-state index is 0.0331. The van der Waals surface area contributed by atoms with Gasteiger partial charge in [-0.05, 0) is 58.7 Å². The van der Waals surface area contributed by atoms with E-state index in [1.54, 1.807) is 24.3 Å². The maximum Gasteiger partial charge on any atom is 0.265 e. The van der Waals surface area contributed by atoms with Gasteiger partial charge in [-0.15, -0.1) is 0 Å². The van der Waals surface area contributed by atoms with E-state index in [-0.39, 0.29) is 10.6 Å². The van der Waals surface area contributed by atoms with E-state index in [0.29, 0.717) is 21.5 Å². The second-order valence-corrected chi connectivity index (χ2v) is 7.84. The lowest BCUT2D eigenvalue weighted by atomic mass is 10.1. The SMILES string of the molecule is COc1cc(-c2ccno2)ccc1S(=O)(=O)Nc1ccc(C)cc1Br. The van der Waals surface area contributed by atoms with E-state index < -0.39 is 10.0 Å². The summed E-state index contributed by atoms with van der Waals surface area (Å²) >= 11 is 3.37. The topological polar surface area (TPSA) is 81.4 Å². The number of aryl methyl sites for hydroxylation is 1. The van der Waals surface area contributed by atoms with E-state index in [0.717, 1.165) is 5.56 Å². The Labute approximate surface area is 154 Å². The normalized spacial score (nSPS) is 11.3. The molecule has 8 heteroatoms. The molecule has 0 unspecified atom stereocenters. The zero-order valence-electron chi connectivity index (χ0n) is 13.5. The lowest BCUT2D eigenvalue weighted by Crippen LogP contribution is -2.14. The molecule has 3 aromatic rings. The van der Waals surface area contributed by atoms with Gasteiger partial charge in [0.15, 0.2) is 5.76 Å². The summed E-state index contributed by atoms with van der Waals surface area (Å²) in [5.41, 5.74) is 2.14. The summed E-state index contributed by atoms with van der Waals surface area (Å²) in [5, 5.41) is 3.65. The van der Waals surface area contributed by atoms with Crippen LogP contribution in [0.1, 0.15) is 5.56 Å². The molecule has 0 aliphatic rings. The Morgan fingerprint density at radius 2 is 1.96 bits per heavy atom. The first kappa shape index (κ1) is 17.5. The maximum atomic E-state index is 12.8. The number of benzene rings is 2. The van der Waals surface area contributed by atoms with Crippen molar-refractivity contribution in [2.75, 3.05) is 11.8 Å². The summed E-state index contributed by atoms with van der Waals surface area (Å²) in [6.45, 7) is 1.92. The van der Waals surface area contributed by atoms with Crippen molar-refractivity contribution in [2.45, 2.75) is 11.8 Å². The van der Waals surface area contributed by atoms with Crippen LogP contribution in [0.2, 0.25) is 0 Å². The van der Waals surface area contributed by atoms with Crippen LogP contribution >= 0.6 is 15.9 Å². The second kappa shape index (κ2) is 6.89. The summed E-state index contributed by atoms with van der Waals surface area (Å²) < 4.78 is 39.1. The molecule has 0 spiro atoms. The Hall–Kier alpha value is -2.32. The van der Waals surface area contributed by atoms with Crippen molar-refractivity contribution in [1.29, 1.82) is 0 Å². The smallest absolute Gasteiger partial charge is 0.265 e. The minimum atomic E-state index is -3.83. The molecule has 0 saturated carbocycles. The van der Waals surface area contributed by atoms with Gasteiger partial charge in [0.2, 0.25) is 0 Å². The largest absolute Gasteiger partial charge is 0.495 e. The number of hydrogen-bond donors (Lipinski definition) is 1. The third-order valence-electron chi connectivity index (χ3n) is 3.54. The summed E-state index contributed by atoms with van der Waals surface area (Å²) in [5.74, 6) is 0.737. The quantitative estimate of drug-likeness (QED) is 0.665. The highest BCUT2D eigenvalue weighted by atomic mass is 79.9. The fourth-order valence-electron chi connectivity index (χ4n) is 2.31. The molecule has 0 amide bonds. The number of sulfonamides is 1. The lowest BCUT2D eigenvalue weighted by molar-refractivity contribution is 0.402. The molecule has 0 radical (unpaired) electrons. The Morgan fingerprint density at radius 3 is 2.60 bits per heavy atom. The molecule has 130 valence electrons. The standard InChI is InChI=1S/C17H15BrN2O4S/c1-11-3-5-14(13(18)9-11)20-25(21,22)17-6-4-12(10-16(17)23-2)15-7-8-19-24-15/h3-10,20H,1-2H3. The van der Waals surface area contributed by atoms with Crippen molar-refractivity contribution in [3.8, 4) is 17.1 Å². The third kappa shape index (κ3) is 3.69. The highest BCUT2D eigenvalue weighted by Gasteiger charge is 2.21. The summed E-state index contributed by atoms with van der Waals surface area (Å²) in [7, 11) is -2.41. The number of nitrogens with one attached hydrogen (secondary N) is 1. The van der Waals surface area contributed by atoms with Gasteiger partial charge in [0, 0.05) is 16.1 Å². The molecule has 0 aliphatic carbocycles. The molecule has 0 aliphatic heterocycles. The Kier molecular flexibility index (Phi) is 4.82. The van der Waals surface area contributed by atoms with Crippen molar-refractivity contribution < 1.29 is 17.7 Å². The number of aromatic nitrogens is 1. The van der Waals surface area contributed by atoms with Crippen molar-refractivity contribution in [3.05, 3.63) is 58.7 Å². The molecular weight excluding hydrogens is 408 g/mol. The Morgan fingerprint density at radius 1 is 1.16 bits per heavy atom. The molecule has 6 nitrogen and oxygen atoms in total. The van der Waals surface area contributed by atoms with E-state index in [4.69, 9.17) is 9.26 Å². The maximum absolute atomic E-state index is 12.8. The van der Waals surface area contributed by atoms with E-state index in [1.165, 1.54) is 19.4 Å². The van der Waals surface area contributed by atoms with Crippen LogP contribution in [0.15, 0.2) is 62.6 Å². The molecule has 25 heavy (non-hydrogen) atoms. The number of anilines is 1. The first-order chi connectivity index (χ1) is 11.9. The number of ether oxygens (including phenoxy) is 1. The monoisotopic (exact) mass is 422 g/mol. The predicted molar refractivity (Wildman–Crippen MR) is 98.2 cm³/mol. The molecule has 0 fully saturated rings. The van der Waals surface area contributed by atoms with Gasteiger partial charge in [0.05, 0.1) is 19.0 Å². The zero-order chi connectivity index (χ0) is 18.0. The van der Waals surface area contributed by atoms with Crippen LogP contribution < -0.4 is 9.46 Å². The second-order valence-electron chi connectivity index (χ2n) is 5.33. The molecular formula is C17H15BrN2O4S. The average Bonchev–Trinajstić information content (AvgIpc) is 3.11. The van der Waals surface area contributed by atoms with Crippen LogP contribution in [-0.4, -0.2) is 20.7 Å². The van der Waals surface area contributed by atoms with Gasteiger partial charge in [0.25, 0.3) is 10.0 Å². The number of hydrogen-bond acceptors (Lipinski definition) is 5. The number of halogens is 1. The molecule has 2 aromatic carbocycles. The number of nitrogens with zero attached hydrogens (tertiary/aromatic N) is 1. The molecule has 0 bridgehead atoms. The van der Waals surface area contributed by atoms with Crippen LogP contribution in [-0.2, 0) is 10.0 Å². The molecule has 1 aromatic heterocycles. The summed E-state index contributed by atoms with van der Waals surface area (Å²) in [6, 6.07) is 11.8. The van der Waals surface area contributed by atoms with E-state index >= 15 is 0 Å². The van der Waals surface area contributed by atoms with Crippen molar-refractivity contribution in [3.63, 3.8) is 0 Å². The van der Waals surface area contributed by atoms with Gasteiger partial charge in [0.1, 0.15) is 10.6 Å². The van der Waals surface area contributed by atoms with Gasteiger partial charge in [-0.3, -0.25) is 4.72 Å². The molecule has 0 saturated heterocycles. The van der Waals surface area contributed by atoms with E-state index in [1.807, 2.05) is 19.1 Å². The number of methoxy groups -OCH3 is 1. The van der Waals surface area contributed by atoms with Crippen molar-refractivity contribution in [2.24, 2.45) is 0 Å². The summed E-state index contributed by atoms with van der Waals surface area (Å²) in [4.78, 5) is 0.0331. The fourth-order valence-corrected chi connectivity index (χ4v) is 4.27. The average molecular weight is 423 g/mol. The van der Waals surface area contributed by atoms with Gasteiger partial charge in [-0.25, -0.2) is 8.42 Å². The van der Waals surface area contributed by atoms with Crippen LogP contribution in [0.3, 0.4) is 0 Å². The van der Waals surface area contributed by atoms with Crippen LogP contribution in [0, 0.1) is 6.92 Å². The van der Waals surface area contributed by atoms with Gasteiger partial charge in [-0.2, -0.15) is 0 Å². The molecule has 1 N–H and O–H groups in total. The van der Waals surface area contributed by atoms with Crippen molar-refractivity contribution >= 4 is 31.6 Å². The van der Waals surface area contributed by atoms with E-state index in [9.17, 15) is 8.42 Å². The first-order valence-electron chi connectivity index (χ1n) is 7.29. The van der Waals surface area contributed by atoms with Crippen LogP contribution in [0.4, 0.5) is 5.69 Å². The zero-order valence-corrected chi connectivity index (χ0v) is 15.9. The molecule has 0 atom stereocenters. The van der Waals surface area contributed by atoms with Gasteiger partial charge < -0.3 is 9.26 Å². The van der Waals surface area contributed by atoms with Crippen LogP contribution in [0.5, 0.6) is 5.75 Å².